The molecule has 0 saturated heterocycles. The Kier molecular flexibility index (Phi) is 12.0. The molecule has 1 N–H and O–H groups in total. The van der Waals surface area contributed by atoms with Gasteiger partial charge in [0.05, 0.1) is 6.61 Å². The van der Waals surface area contributed by atoms with Gasteiger partial charge in [0.25, 0.3) is 0 Å². The van der Waals surface area contributed by atoms with E-state index in [1.54, 1.807) is 7.11 Å². The van der Waals surface area contributed by atoms with E-state index in [2.05, 4.69) is 105 Å². The summed E-state index contributed by atoms with van der Waals surface area (Å²) in [4.78, 5) is 0. The van der Waals surface area contributed by atoms with Crippen LogP contribution in [0.25, 0.3) is 0 Å². The lowest BCUT2D eigenvalue weighted by Gasteiger charge is -2.37. The fourth-order valence-corrected chi connectivity index (χ4v) is 7.53. The summed E-state index contributed by atoms with van der Waals surface area (Å²) in [6, 6.07) is 34.5. The molecule has 0 saturated carbocycles. The van der Waals surface area contributed by atoms with E-state index >= 15 is 0 Å². The van der Waals surface area contributed by atoms with E-state index in [1.807, 2.05) is 6.07 Å². The Balaban J connectivity index is 1.93. The number of methoxy groups -OCH3 is 1. The summed E-state index contributed by atoms with van der Waals surface area (Å²) in [6.45, 7) is 4.85. The maximum Gasteiger partial charge on any atom is 0.188 e. The zero-order valence-electron chi connectivity index (χ0n) is 24.9. The summed E-state index contributed by atoms with van der Waals surface area (Å²) in [5.41, 5.74) is 7.36. The number of unbranched alkanes of at least 4 members (excludes halogenated alkanes) is 2. The average Bonchev–Trinajstić information content (AvgIpc) is 3.01. The summed E-state index contributed by atoms with van der Waals surface area (Å²) >= 11 is 0. The highest BCUT2D eigenvalue weighted by molar-refractivity contribution is 7.48. The average molecular weight is 569 g/mol. The fourth-order valence-electron chi connectivity index (χ4n) is 5.71. The van der Waals surface area contributed by atoms with Crippen LogP contribution in [0.15, 0.2) is 97.1 Å². The molecule has 4 rings (SSSR count). The van der Waals surface area contributed by atoms with E-state index < -0.39 is 0 Å². The molecule has 4 aromatic rings. The molecule has 0 amide bonds. The third-order valence-electron chi connectivity index (χ3n) is 7.92. The molecule has 2 unspecified atom stereocenters. The number of ether oxygens (including phenoxy) is 2. The molecule has 2 atom stereocenters. The lowest BCUT2D eigenvalue weighted by atomic mass is 9.84. The maximum atomic E-state index is 10.2. The highest BCUT2D eigenvalue weighted by atomic mass is 31.1. The van der Waals surface area contributed by atoms with Crippen LogP contribution in [0.1, 0.15) is 79.3 Å². The van der Waals surface area contributed by atoms with Crippen LogP contribution < -0.4 is 10.0 Å². The first-order valence-electron chi connectivity index (χ1n) is 14.9. The normalized spacial score (nSPS) is 13.0. The van der Waals surface area contributed by atoms with Gasteiger partial charge in [0.1, 0.15) is 5.75 Å². The molecule has 3 nitrogen and oxygen atoms in total. The predicted molar refractivity (Wildman–Crippen MR) is 174 cm³/mol. The molecule has 0 spiro atoms. The highest BCUT2D eigenvalue weighted by Crippen LogP contribution is 2.53. The topological polar surface area (TPSA) is 38.7 Å². The lowest BCUT2D eigenvalue weighted by molar-refractivity contribution is 0.0492. The molecular formula is C37H45O3P. The molecule has 0 fully saturated rings. The third-order valence-corrected chi connectivity index (χ3v) is 10.0. The van der Waals surface area contributed by atoms with Crippen LogP contribution in [0, 0.1) is 0 Å². The zero-order valence-corrected chi connectivity index (χ0v) is 25.9. The largest absolute Gasteiger partial charge is 0.467 e. The number of hydrogen-bond acceptors (Lipinski definition) is 3. The van der Waals surface area contributed by atoms with E-state index in [1.165, 1.54) is 46.0 Å². The number of hydrogen-bond donors (Lipinski definition) is 1. The maximum absolute atomic E-state index is 10.2. The third kappa shape index (κ3) is 8.29. The number of benzene rings is 4. The molecule has 0 aliphatic rings. The van der Waals surface area contributed by atoms with Crippen molar-refractivity contribution in [3.05, 3.63) is 130 Å². The van der Waals surface area contributed by atoms with Crippen molar-refractivity contribution in [2.45, 2.75) is 70.6 Å². The smallest absolute Gasteiger partial charge is 0.188 e. The van der Waals surface area contributed by atoms with Gasteiger partial charge in [0, 0.05) is 24.3 Å². The molecule has 4 aromatic carbocycles. The zero-order chi connectivity index (χ0) is 28.9. The van der Waals surface area contributed by atoms with Crippen molar-refractivity contribution >= 4 is 13.9 Å². The molecule has 216 valence electrons. The van der Waals surface area contributed by atoms with E-state index in [0.717, 1.165) is 43.4 Å². The first-order chi connectivity index (χ1) is 20.1. The van der Waals surface area contributed by atoms with Gasteiger partial charge < -0.3 is 14.6 Å². The van der Waals surface area contributed by atoms with Crippen LogP contribution in [0.3, 0.4) is 0 Å². The second kappa shape index (κ2) is 15.9. The van der Waals surface area contributed by atoms with Crippen LogP contribution in [0.5, 0.6) is 5.75 Å². The SMILES string of the molecule is CCCCCC(CC)(Pc1ccccc1CO)c1cc(Cc2ccccc2)cc(Cc2ccccc2)c1OCOC. The van der Waals surface area contributed by atoms with Crippen LogP contribution in [0.2, 0.25) is 0 Å². The second-order valence-corrected chi connectivity index (χ2v) is 12.6. The van der Waals surface area contributed by atoms with Gasteiger partial charge in [-0.05, 0) is 52.4 Å². The van der Waals surface area contributed by atoms with Gasteiger partial charge in [-0.25, -0.2) is 0 Å². The first kappa shape index (κ1) is 31.0. The minimum absolute atomic E-state index is 0.0538. The van der Waals surface area contributed by atoms with Crippen molar-refractivity contribution in [1.29, 1.82) is 0 Å². The van der Waals surface area contributed by atoms with Gasteiger partial charge in [0.15, 0.2) is 6.79 Å². The fraction of sp³-hybridized carbons (Fsp3) is 0.351. The molecule has 0 heterocycles. The number of aliphatic hydroxyl groups is 1. The number of rotatable bonds is 16. The summed E-state index contributed by atoms with van der Waals surface area (Å²) in [5, 5.41) is 11.3. The van der Waals surface area contributed by atoms with Crippen LogP contribution >= 0.6 is 8.58 Å². The van der Waals surface area contributed by atoms with Crippen molar-refractivity contribution in [2.75, 3.05) is 13.9 Å². The summed E-state index contributed by atoms with van der Waals surface area (Å²) in [7, 11) is 2.20. The summed E-state index contributed by atoms with van der Waals surface area (Å²) < 4.78 is 12.0. The van der Waals surface area contributed by atoms with Crippen molar-refractivity contribution < 1.29 is 14.6 Å². The monoisotopic (exact) mass is 568 g/mol. The number of aliphatic hydroxyl groups excluding tert-OH is 1. The minimum Gasteiger partial charge on any atom is -0.467 e. The Labute approximate surface area is 248 Å². The first-order valence-corrected chi connectivity index (χ1v) is 15.9. The summed E-state index contributed by atoms with van der Waals surface area (Å²) in [5.74, 6) is 0.958. The van der Waals surface area contributed by atoms with Gasteiger partial charge in [-0.1, -0.05) is 139 Å². The van der Waals surface area contributed by atoms with E-state index in [9.17, 15) is 5.11 Å². The summed E-state index contributed by atoms with van der Waals surface area (Å²) in [6.07, 6.45) is 7.24. The second-order valence-electron chi connectivity index (χ2n) is 10.8. The van der Waals surface area contributed by atoms with Gasteiger partial charge in [0.2, 0.25) is 0 Å². The standard InChI is InChI=1S/C37H45O3P/c1-4-6-15-22-37(5-2,41-35-21-14-13-20-32(35)27-38)34-26-31(23-29-16-9-7-10-17-29)25-33(36(34)40-28-39-3)24-30-18-11-8-12-19-30/h7-14,16-21,25-26,38,41H,4-6,15,22-24,27-28H2,1-3H3. The lowest BCUT2D eigenvalue weighted by Crippen LogP contribution is -2.26. The molecule has 4 heteroatoms. The van der Waals surface area contributed by atoms with Crippen LogP contribution in [0.4, 0.5) is 0 Å². The Bertz CT molecular complexity index is 1340. The predicted octanol–water partition coefficient (Wildman–Crippen LogP) is 8.53. The Morgan fingerprint density at radius 3 is 2.02 bits per heavy atom. The van der Waals surface area contributed by atoms with Crippen molar-refractivity contribution in [3.8, 4) is 5.75 Å². The van der Waals surface area contributed by atoms with Gasteiger partial charge in [-0.2, -0.15) is 0 Å². The van der Waals surface area contributed by atoms with Crippen molar-refractivity contribution in [2.24, 2.45) is 0 Å². The molecule has 0 aliphatic heterocycles. The van der Waals surface area contributed by atoms with E-state index in [4.69, 9.17) is 9.47 Å². The molecule has 0 bridgehead atoms. The van der Waals surface area contributed by atoms with Gasteiger partial charge in [-0.3, -0.25) is 0 Å². The Hall–Kier alpha value is -2.97. The Morgan fingerprint density at radius 2 is 1.39 bits per heavy atom. The highest BCUT2D eigenvalue weighted by Gasteiger charge is 2.35. The quantitative estimate of drug-likeness (QED) is 0.0836. The molecule has 0 radical (unpaired) electrons. The van der Waals surface area contributed by atoms with Gasteiger partial charge in [-0.15, -0.1) is 0 Å². The van der Waals surface area contributed by atoms with Crippen molar-refractivity contribution in [3.63, 3.8) is 0 Å². The minimum atomic E-state index is -0.123. The molecular weight excluding hydrogens is 523 g/mol. The van der Waals surface area contributed by atoms with Crippen LogP contribution in [-0.4, -0.2) is 19.0 Å². The van der Waals surface area contributed by atoms with E-state index in [0.29, 0.717) is 8.58 Å². The van der Waals surface area contributed by atoms with E-state index in [-0.39, 0.29) is 18.6 Å². The van der Waals surface area contributed by atoms with Gasteiger partial charge >= 0.3 is 0 Å². The molecule has 0 aliphatic carbocycles. The van der Waals surface area contributed by atoms with Crippen LogP contribution in [-0.2, 0) is 29.3 Å². The molecule has 41 heavy (non-hydrogen) atoms. The van der Waals surface area contributed by atoms with Crippen molar-refractivity contribution in [1.82, 2.24) is 0 Å². The Morgan fingerprint density at radius 1 is 0.732 bits per heavy atom. The molecule has 0 aromatic heterocycles.